The highest BCUT2D eigenvalue weighted by Crippen LogP contribution is 2.37. The van der Waals surface area contributed by atoms with E-state index in [4.69, 9.17) is 10.2 Å². The first-order valence-electron chi connectivity index (χ1n) is 7.06. The standard InChI is InChI=1S/C16H18N2O3/c1-16(2,3)15-18-11-9-6-4-8(17)5-7-10(9)12(19)13(20)14(11)21-15/h6-8H,4-5,17H2,1-3H3/t8-/m1/s1. The molecule has 0 amide bonds. The number of carbonyl (C=O) groups excluding carboxylic acids is 2. The lowest BCUT2D eigenvalue weighted by Crippen LogP contribution is -2.23. The summed E-state index contributed by atoms with van der Waals surface area (Å²) in [6.07, 6.45) is 4.86. The smallest absolute Gasteiger partial charge is 0.270 e. The van der Waals surface area contributed by atoms with E-state index < -0.39 is 11.6 Å². The summed E-state index contributed by atoms with van der Waals surface area (Å²) in [4.78, 5) is 28.9. The Labute approximate surface area is 122 Å². The molecule has 1 aromatic heterocycles. The maximum absolute atomic E-state index is 12.3. The van der Waals surface area contributed by atoms with Crippen LogP contribution in [0.2, 0.25) is 0 Å². The molecule has 2 N–H and O–H groups in total. The fraction of sp³-hybridized carbons (Fsp3) is 0.438. The topological polar surface area (TPSA) is 86.2 Å². The number of Topliss-reactive ketones (excluding diaryl/α,β-unsaturated/α-hetero) is 2. The monoisotopic (exact) mass is 286 g/mol. The Morgan fingerprint density at radius 3 is 2.38 bits per heavy atom. The number of aromatic nitrogens is 1. The molecule has 2 aliphatic rings. The minimum absolute atomic E-state index is 0.0454. The number of hydrogen-bond donors (Lipinski definition) is 1. The number of carbonyl (C=O) groups is 2. The first-order valence-corrected chi connectivity index (χ1v) is 7.06. The Morgan fingerprint density at radius 2 is 1.76 bits per heavy atom. The van der Waals surface area contributed by atoms with Crippen LogP contribution >= 0.6 is 0 Å². The van der Waals surface area contributed by atoms with E-state index in [1.807, 2.05) is 26.8 Å². The van der Waals surface area contributed by atoms with Gasteiger partial charge in [-0.1, -0.05) is 32.9 Å². The van der Waals surface area contributed by atoms with Crippen molar-refractivity contribution in [1.82, 2.24) is 4.98 Å². The van der Waals surface area contributed by atoms with Crippen molar-refractivity contribution in [3.63, 3.8) is 0 Å². The largest absolute Gasteiger partial charge is 0.436 e. The number of nitrogens with two attached hydrogens (primary N) is 1. The van der Waals surface area contributed by atoms with Crippen molar-refractivity contribution >= 4 is 17.1 Å². The van der Waals surface area contributed by atoms with Crippen molar-refractivity contribution in [3.05, 3.63) is 35.1 Å². The van der Waals surface area contributed by atoms with Crippen LogP contribution in [0.1, 0.15) is 55.8 Å². The van der Waals surface area contributed by atoms with Crippen LogP contribution in [0.5, 0.6) is 0 Å². The molecule has 2 aliphatic carbocycles. The fourth-order valence-electron chi connectivity index (χ4n) is 2.50. The van der Waals surface area contributed by atoms with Gasteiger partial charge in [-0.2, -0.15) is 0 Å². The maximum Gasteiger partial charge on any atom is 0.270 e. The fourth-order valence-corrected chi connectivity index (χ4v) is 2.50. The molecule has 0 bridgehead atoms. The number of fused-ring (bicyclic) bond motifs is 3. The molecule has 3 rings (SSSR count). The summed E-state index contributed by atoms with van der Waals surface area (Å²) in [6.45, 7) is 5.85. The molecule has 0 unspecified atom stereocenters. The third-order valence-electron chi connectivity index (χ3n) is 3.72. The molecule has 0 saturated heterocycles. The zero-order chi connectivity index (χ0) is 15.4. The molecule has 0 saturated carbocycles. The summed E-state index contributed by atoms with van der Waals surface area (Å²) in [5.74, 6) is -0.625. The number of rotatable bonds is 0. The summed E-state index contributed by atoms with van der Waals surface area (Å²) >= 11 is 0. The molecule has 1 atom stereocenters. The molecule has 5 heteroatoms. The molecule has 0 aromatic carbocycles. The lowest BCUT2D eigenvalue weighted by atomic mass is 9.88. The van der Waals surface area contributed by atoms with Crippen LogP contribution in [0.25, 0.3) is 5.57 Å². The Morgan fingerprint density at radius 1 is 1.14 bits per heavy atom. The summed E-state index contributed by atoms with van der Waals surface area (Å²) in [7, 11) is 0. The van der Waals surface area contributed by atoms with Gasteiger partial charge in [-0.25, -0.2) is 4.98 Å². The molecular weight excluding hydrogens is 268 g/mol. The van der Waals surface area contributed by atoms with E-state index in [1.54, 1.807) is 6.08 Å². The van der Waals surface area contributed by atoms with E-state index in [2.05, 4.69) is 4.98 Å². The lowest BCUT2D eigenvalue weighted by molar-refractivity contribution is -0.111. The van der Waals surface area contributed by atoms with Gasteiger partial charge < -0.3 is 10.2 Å². The van der Waals surface area contributed by atoms with Crippen LogP contribution in [-0.2, 0) is 10.2 Å². The van der Waals surface area contributed by atoms with Crippen molar-refractivity contribution in [2.75, 3.05) is 0 Å². The highest BCUT2D eigenvalue weighted by atomic mass is 16.4. The van der Waals surface area contributed by atoms with Crippen molar-refractivity contribution in [2.45, 2.75) is 45.1 Å². The highest BCUT2D eigenvalue weighted by Gasteiger charge is 2.39. The summed E-state index contributed by atoms with van der Waals surface area (Å²) < 4.78 is 5.59. The molecule has 0 radical (unpaired) electrons. The van der Waals surface area contributed by atoms with E-state index in [0.717, 1.165) is 0 Å². The Kier molecular flexibility index (Phi) is 2.99. The minimum Gasteiger partial charge on any atom is -0.436 e. The van der Waals surface area contributed by atoms with Crippen LogP contribution < -0.4 is 5.73 Å². The molecule has 1 heterocycles. The van der Waals surface area contributed by atoms with Crippen molar-refractivity contribution in [1.29, 1.82) is 0 Å². The second-order valence-electron chi connectivity index (χ2n) is 6.57. The van der Waals surface area contributed by atoms with Crippen molar-refractivity contribution in [3.8, 4) is 0 Å². The molecule has 5 nitrogen and oxygen atoms in total. The second kappa shape index (κ2) is 4.49. The van der Waals surface area contributed by atoms with E-state index in [9.17, 15) is 9.59 Å². The molecule has 1 aromatic rings. The van der Waals surface area contributed by atoms with Gasteiger partial charge >= 0.3 is 0 Å². The van der Waals surface area contributed by atoms with Gasteiger partial charge in [-0.15, -0.1) is 0 Å². The van der Waals surface area contributed by atoms with Crippen LogP contribution in [0.15, 0.2) is 22.1 Å². The number of oxazole rings is 1. The van der Waals surface area contributed by atoms with Crippen LogP contribution in [0.3, 0.4) is 0 Å². The Bertz CT molecular complexity index is 702. The number of nitrogens with zero attached hydrogens (tertiary/aromatic N) is 1. The molecule has 0 spiro atoms. The predicted octanol–water partition coefficient (Wildman–Crippen LogP) is 2.17. The summed E-state index contributed by atoms with van der Waals surface area (Å²) in [6, 6.07) is -0.0454. The summed E-state index contributed by atoms with van der Waals surface area (Å²) in [5.41, 5.74) is 7.18. The molecule has 0 aliphatic heterocycles. The lowest BCUT2D eigenvalue weighted by Gasteiger charge is -2.13. The van der Waals surface area contributed by atoms with Gasteiger partial charge in [0.25, 0.3) is 5.78 Å². The van der Waals surface area contributed by atoms with E-state index >= 15 is 0 Å². The SMILES string of the molecule is CC(C)(C)c1nc2c(o1)C(=O)C(=O)C1=CC[C@H](N)CC=C12. The third-order valence-corrected chi connectivity index (χ3v) is 3.72. The van der Waals surface area contributed by atoms with Crippen LogP contribution in [-0.4, -0.2) is 22.6 Å². The average Bonchev–Trinajstić information content (AvgIpc) is 2.76. The van der Waals surface area contributed by atoms with Gasteiger partial charge in [-0.3, -0.25) is 9.59 Å². The second-order valence-corrected chi connectivity index (χ2v) is 6.57. The highest BCUT2D eigenvalue weighted by molar-refractivity contribution is 6.53. The zero-order valence-electron chi connectivity index (χ0n) is 12.4. The number of hydrogen-bond acceptors (Lipinski definition) is 5. The number of allylic oxidation sites excluding steroid dienone is 2. The maximum atomic E-state index is 12.3. The van der Waals surface area contributed by atoms with Crippen molar-refractivity contribution in [2.24, 2.45) is 5.73 Å². The summed E-state index contributed by atoms with van der Waals surface area (Å²) in [5, 5.41) is 0. The molecule has 21 heavy (non-hydrogen) atoms. The minimum atomic E-state index is -0.619. The van der Waals surface area contributed by atoms with E-state index in [1.165, 1.54) is 0 Å². The quantitative estimate of drug-likeness (QED) is 0.739. The Balaban J connectivity index is 2.22. The van der Waals surface area contributed by atoms with Gasteiger partial charge in [0.15, 0.2) is 0 Å². The van der Waals surface area contributed by atoms with Crippen LogP contribution in [0, 0.1) is 0 Å². The zero-order valence-corrected chi connectivity index (χ0v) is 12.4. The van der Waals surface area contributed by atoms with E-state index in [-0.39, 0.29) is 17.2 Å². The number of ketones is 2. The predicted molar refractivity (Wildman–Crippen MR) is 77.8 cm³/mol. The first kappa shape index (κ1) is 13.9. The molecular formula is C16H18N2O3. The van der Waals surface area contributed by atoms with Crippen molar-refractivity contribution < 1.29 is 14.0 Å². The average molecular weight is 286 g/mol. The van der Waals surface area contributed by atoms with Crippen LogP contribution in [0.4, 0.5) is 0 Å². The Hall–Kier alpha value is -2.01. The first-order chi connectivity index (χ1) is 9.79. The van der Waals surface area contributed by atoms with Gasteiger partial charge in [0, 0.05) is 22.6 Å². The third kappa shape index (κ3) is 2.17. The molecule has 110 valence electrons. The van der Waals surface area contributed by atoms with Gasteiger partial charge in [0.2, 0.25) is 17.4 Å². The normalized spacial score (nSPS) is 22.2. The molecule has 0 fully saturated rings. The van der Waals surface area contributed by atoms with Gasteiger partial charge in [0.05, 0.1) is 0 Å². The van der Waals surface area contributed by atoms with E-state index in [0.29, 0.717) is 35.6 Å². The van der Waals surface area contributed by atoms with Gasteiger partial charge in [0.1, 0.15) is 5.69 Å². The van der Waals surface area contributed by atoms with Gasteiger partial charge in [-0.05, 0) is 12.8 Å².